The normalized spacial score (nSPS) is 19.8. The Kier molecular flexibility index (Phi) is 8.54. The van der Waals surface area contributed by atoms with Crippen LogP contribution in [0.4, 0.5) is 5.69 Å². The second-order valence-corrected chi connectivity index (χ2v) is 14.6. The zero-order valence-electron chi connectivity index (χ0n) is 25.4. The largest absolute Gasteiger partial charge is 0.481 e. The lowest BCUT2D eigenvalue weighted by Gasteiger charge is -2.49. The number of hydrogen-bond donors (Lipinski definition) is 1. The summed E-state index contributed by atoms with van der Waals surface area (Å²) in [5.41, 5.74) is 5.00. The molecule has 0 radical (unpaired) electrons. The van der Waals surface area contributed by atoms with Gasteiger partial charge >= 0.3 is 0 Å². The van der Waals surface area contributed by atoms with E-state index in [0.29, 0.717) is 46.8 Å². The molecule has 0 aromatic heterocycles. The number of amides is 1. The maximum absolute atomic E-state index is 13.8. The topological polar surface area (TPSA) is 75.7 Å². The molecule has 0 saturated carbocycles. The van der Waals surface area contributed by atoms with E-state index < -0.39 is 11.8 Å². The Morgan fingerprint density at radius 1 is 0.884 bits per heavy atom. The van der Waals surface area contributed by atoms with Crippen LogP contribution in [0.3, 0.4) is 0 Å². The minimum absolute atomic E-state index is 0.0411. The molecule has 2 aromatic carbocycles. The molecule has 6 nitrogen and oxygen atoms in total. The number of benzene rings is 2. The van der Waals surface area contributed by atoms with Crippen molar-refractivity contribution < 1.29 is 19.1 Å². The van der Waals surface area contributed by atoms with E-state index >= 15 is 0 Å². The Hall–Kier alpha value is -2.80. The number of nitrogens with one attached hydrogen (secondary N) is 1. The summed E-state index contributed by atoms with van der Waals surface area (Å²) in [5.74, 6) is -0.735. The Morgan fingerprint density at radius 2 is 1.42 bits per heavy atom. The number of halogens is 3. The average Bonchev–Trinajstić information content (AvgIpc) is 2.87. The van der Waals surface area contributed by atoms with Crippen molar-refractivity contribution in [2.24, 2.45) is 10.8 Å². The highest BCUT2D eigenvalue weighted by Crippen LogP contribution is 2.55. The smallest absolute Gasteiger partial charge is 0.262 e. The van der Waals surface area contributed by atoms with Crippen molar-refractivity contribution in [3.05, 3.63) is 79.1 Å². The lowest BCUT2D eigenvalue weighted by molar-refractivity contribution is -0.120. The fraction of sp³-hybridized carbons (Fsp3) is 0.441. The lowest BCUT2D eigenvalue weighted by Crippen LogP contribution is -2.44. The maximum Gasteiger partial charge on any atom is 0.262 e. The molecule has 43 heavy (non-hydrogen) atoms. The Balaban J connectivity index is 1.51. The predicted octanol–water partition coefficient (Wildman–Crippen LogP) is 8.68. The van der Waals surface area contributed by atoms with E-state index in [1.807, 2.05) is 13.0 Å². The Labute approximate surface area is 268 Å². The minimum atomic E-state index is -0.571. The Morgan fingerprint density at radius 3 is 1.91 bits per heavy atom. The number of nitrogens with zero attached hydrogens (tertiary/aromatic N) is 1. The first-order chi connectivity index (χ1) is 20.1. The summed E-state index contributed by atoms with van der Waals surface area (Å²) in [4.78, 5) is 42.5. The number of ketones is 2. The zero-order chi connectivity index (χ0) is 31.4. The highest BCUT2D eigenvalue weighted by atomic mass is 35.5. The van der Waals surface area contributed by atoms with Gasteiger partial charge in [0.2, 0.25) is 0 Å². The summed E-state index contributed by atoms with van der Waals surface area (Å²) >= 11 is 19.6. The van der Waals surface area contributed by atoms with Gasteiger partial charge in [-0.05, 0) is 72.9 Å². The summed E-state index contributed by atoms with van der Waals surface area (Å²) in [5, 5.41) is 3.69. The van der Waals surface area contributed by atoms with E-state index in [1.54, 1.807) is 24.3 Å². The third kappa shape index (κ3) is 6.25. The quantitative estimate of drug-likeness (QED) is 0.341. The highest BCUT2D eigenvalue weighted by Gasteiger charge is 2.48. The molecule has 1 aliphatic heterocycles. The van der Waals surface area contributed by atoms with Crippen molar-refractivity contribution in [1.82, 2.24) is 4.90 Å². The Bertz CT molecular complexity index is 1530. The van der Waals surface area contributed by atoms with Gasteiger partial charge in [-0.15, -0.1) is 0 Å². The molecule has 228 valence electrons. The number of ether oxygens (including phenoxy) is 1. The first-order valence-corrected chi connectivity index (χ1v) is 15.7. The molecule has 2 aromatic rings. The third-order valence-corrected chi connectivity index (χ3v) is 9.46. The summed E-state index contributed by atoms with van der Waals surface area (Å²) in [6.45, 7) is 12.7. The fourth-order valence-electron chi connectivity index (χ4n) is 6.65. The van der Waals surface area contributed by atoms with Gasteiger partial charge in [0.05, 0.1) is 10.0 Å². The molecule has 0 spiro atoms. The van der Waals surface area contributed by atoms with Crippen LogP contribution < -0.4 is 10.1 Å². The van der Waals surface area contributed by atoms with Gasteiger partial charge in [-0.3, -0.25) is 14.4 Å². The zero-order valence-corrected chi connectivity index (χ0v) is 27.7. The number of anilines is 1. The molecule has 0 atom stereocenters. The number of carbonyl (C=O) groups excluding carboxylic acids is 3. The molecule has 2 aliphatic carbocycles. The average molecular weight is 644 g/mol. The molecule has 0 bridgehead atoms. The maximum atomic E-state index is 13.8. The molecule has 1 heterocycles. The van der Waals surface area contributed by atoms with Crippen LogP contribution in [0, 0.1) is 17.8 Å². The molecule has 0 unspecified atom stereocenters. The van der Waals surface area contributed by atoms with Crippen LogP contribution in [0.15, 0.2) is 52.9 Å². The van der Waals surface area contributed by atoms with Gasteiger partial charge in [0.25, 0.3) is 5.91 Å². The third-order valence-electron chi connectivity index (χ3n) is 8.50. The summed E-state index contributed by atoms with van der Waals surface area (Å²) in [7, 11) is 0. The lowest BCUT2D eigenvalue weighted by atomic mass is 9.63. The molecule has 5 rings (SSSR count). The van der Waals surface area contributed by atoms with Crippen LogP contribution in [0.5, 0.6) is 5.75 Å². The number of rotatable bonds is 6. The van der Waals surface area contributed by atoms with Crippen molar-refractivity contribution in [3.63, 3.8) is 0 Å². The van der Waals surface area contributed by atoms with Crippen LogP contribution in [-0.2, 0) is 14.4 Å². The van der Waals surface area contributed by atoms with E-state index in [9.17, 15) is 14.4 Å². The molecule has 1 amide bonds. The van der Waals surface area contributed by atoms with Gasteiger partial charge in [-0.25, -0.2) is 0 Å². The summed E-state index contributed by atoms with van der Waals surface area (Å²) in [6, 6.07) is 8.66. The van der Waals surface area contributed by atoms with Crippen molar-refractivity contribution in [2.45, 2.75) is 73.1 Å². The highest BCUT2D eigenvalue weighted by molar-refractivity contribution is 6.37. The van der Waals surface area contributed by atoms with Crippen LogP contribution in [0.2, 0.25) is 15.1 Å². The number of aryl methyl sites for hydroxylation is 1. The second-order valence-electron chi connectivity index (χ2n) is 13.4. The molecule has 0 saturated heterocycles. The first-order valence-electron chi connectivity index (χ1n) is 14.6. The molecular formula is C34H37Cl3N2O4. The van der Waals surface area contributed by atoms with Crippen LogP contribution in [-0.4, -0.2) is 35.5 Å². The van der Waals surface area contributed by atoms with Crippen molar-refractivity contribution in [3.8, 4) is 5.75 Å². The van der Waals surface area contributed by atoms with Crippen molar-refractivity contribution in [1.29, 1.82) is 0 Å². The van der Waals surface area contributed by atoms with E-state index in [1.165, 1.54) is 0 Å². The second kappa shape index (κ2) is 11.6. The van der Waals surface area contributed by atoms with Gasteiger partial charge in [-0.2, -0.15) is 0 Å². The molecular weight excluding hydrogens is 607 g/mol. The monoisotopic (exact) mass is 642 g/mol. The number of carbonyl (C=O) groups is 3. The fourth-order valence-corrected chi connectivity index (χ4v) is 7.45. The van der Waals surface area contributed by atoms with Crippen LogP contribution in [0.25, 0.3) is 0 Å². The van der Waals surface area contributed by atoms with Crippen molar-refractivity contribution >= 4 is 58.0 Å². The molecule has 0 fully saturated rings. The summed E-state index contributed by atoms with van der Waals surface area (Å²) in [6.07, 6.45) is 2.25. The standard InChI is InChI=1S/C34H37Cl3N2O4/c1-7-39-24-13-33(3,4)15-26(40)30(24)29(31-25(39)14-34(5,6)16-27(31)41)19-10-22(36)32(23(37)11-19)43-17-28(42)38-20-9-8-18(2)21(35)12-20/h8-12,29H,7,13-17H2,1-6H3,(H,38,42). The molecule has 1 N–H and O–H groups in total. The number of allylic oxidation sites excluding steroid dienone is 4. The summed E-state index contributed by atoms with van der Waals surface area (Å²) < 4.78 is 5.77. The SMILES string of the molecule is CCN1C2=C(C(=O)CC(C)(C)C2)C(c2cc(Cl)c(OCC(=O)Nc3ccc(C)c(Cl)c3)c(Cl)c2)C2=C1CC(C)(C)CC2=O. The molecule has 9 heteroatoms. The predicted molar refractivity (Wildman–Crippen MR) is 172 cm³/mol. The van der Waals surface area contributed by atoms with Gasteiger partial charge in [-0.1, -0.05) is 68.6 Å². The number of Topliss-reactive ketones (excluding diaryl/α,β-unsaturated/α-hetero) is 2. The van der Waals surface area contributed by atoms with Gasteiger partial charge in [0, 0.05) is 58.6 Å². The van der Waals surface area contributed by atoms with Gasteiger partial charge in [0.1, 0.15) is 0 Å². The number of hydrogen-bond acceptors (Lipinski definition) is 5. The first kappa shape index (κ1) is 31.6. The van der Waals surface area contributed by atoms with Crippen LogP contribution in [0.1, 0.15) is 77.3 Å². The van der Waals surface area contributed by atoms with E-state index in [-0.39, 0.29) is 44.8 Å². The van der Waals surface area contributed by atoms with E-state index in [2.05, 4.69) is 44.8 Å². The van der Waals surface area contributed by atoms with Gasteiger partial charge in [0.15, 0.2) is 23.9 Å². The van der Waals surface area contributed by atoms with Crippen LogP contribution >= 0.6 is 34.8 Å². The van der Waals surface area contributed by atoms with E-state index in [0.717, 1.165) is 29.8 Å². The van der Waals surface area contributed by atoms with E-state index in [4.69, 9.17) is 39.5 Å². The minimum Gasteiger partial charge on any atom is -0.481 e. The molecule has 3 aliphatic rings. The van der Waals surface area contributed by atoms with Crippen molar-refractivity contribution in [2.75, 3.05) is 18.5 Å². The van der Waals surface area contributed by atoms with Gasteiger partial charge < -0.3 is 15.0 Å².